The summed E-state index contributed by atoms with van der Waals surface area (Å²) < 4.78 is 5.38. The molecule has 2 heterocycles. The first kappa shape index (κ1) is 15.4. The molecule has 0 aliphatic heterocycles. The second kappa shape index (κ2) is 6.22. The van der Waals surface area contributed by atoms with Crippen LogP contribution in [-0.2, 0) is 0 Å². The lowest BCUT2D eigenvalue weighted by Gasteiger charge is -2.12. The van der Waals surface area contributed by atoms with E-state index in [1.807, 2.05) is 13.8 Å². The van der Waals surface area contributed by atoms with Crippen molar-refractivity contribution < 1.29 is 9.21 Å². The number of halogens is 1. The van der Waals surface area contributed by atoms with E-state index in [0.717, 1.165) is 0 Å². The van der Waals surface area contributed by atoms with Crippen molar-refractivity contribution in [3.8, 4) is 0 Å². The number of oxazole rings is 1. The second-order valence-electron chi connectivity index (χ2n) is 5.08. The van der Waals surface area contributed by atoms with Crippen LogP contribution in [0.5, 0.6) is 0 Å². The van der Waals surface area contributed by atoms with Gasteiger partial charge in [0, 0.05) is 5.92 Å². The van der Waals surface area contributed by atoms with Gasteiger partial charge in [-0.25, -0.2) is 15.0 Å². The van der Waals surface area contributed by atoms with Crippen molar-refractivity contribution in [2.24, 2.45) is 0 Å². The number of carbonyl (C=O) groups excluding carboxylic acids is 1. The number of nitrogens with one attached hydrogen (secondary N) is 1. The summed E-state index contributed by atoms with van der Waals surface area (Å²) in [5.41, 5.74) is 0.158. The number of aromatic nitrogens is 3. The van der Waals surface area contributed by atoms with E-state index in [2.05, 4.69) is 20.3 Å². The highest BCUT2D eigenvalue weighted by atomic mass is 35.5. The summed E-state index contributed by atoms with van der Waals surface area (Å²) in [5, 5.41) is 2.98. The van der Waals surface area contributed by atoms with E-state index in [0.29, 0.717) is 17.5 Å². The fourth-order valence-corrected chi connectivity index (χ4v) is 1.89. The van der Waals surface area contributed by atoms with Crippen LogP contribution in [0.2, 0.25) is 5.02 Å². The number of aryl methyl sites for hydroxylation is 1. The van der Waals surface area contributed by atoms with Gasteiger partial charge in [0.05, 0.1) is 17.4 Å². The topological polar surface area (TPSA) is 80.9 Å². The molecule has 7 heteroatoms. The Morgan fingerprint density at radius 3 is 2.57 bits per heavy atom. The zero-order valence-electron chi connectivity index (χ0n) is 12.3. The van der Waals surface area contributed by atoms with Gasteiger partial charge >= 0.3 is 0 Å². The van der Waals surface area contributed by atoms with Crippen LogP contribution in [0.1, 0.15) is 60.7 Å². The fraction of sp³-hybridized carbons (Fsp3) is 0.429. The maximum Gasteiger partial charge on any atom is 0.272 e. The van der Waals surface area contributed by atoms with E-state index in [4.69, 9.17) is 16.0 Å². The molecule has 0 saturated heterocycles. The quantitative estimate of drug-likeness (QED) is 0.939. The summed E-state index contributed by atoms with van der Waals surface area (Å²) in [4.78, 5) is 24.7. The minimum atomic E-state index is -0.382. The van der Waals surface area contributed by atoms with Crippen LogP contribution in [0.4, 0.5) is 0 Å². The molecule has 6 nitrogen and oxygen atoms in total. The molecule has 112 valence electrons. The molecule has 21 heavy (non-hydrogen) atoms. The SMILES string of the molecule is Cc1cnc(C(C)NC(=O)c2nc(C(C)C)ncc2Cl)o1. The van der Waals surface area contributed by atoms with Crippen LogP contribution in [0.3, 0.4) is 0 Å². The maximum atomic E-state index is 12.3. The normalized spacial score (nSPS) is 12.5. The summed E-state index contributed by atoms with van der Waals surface area (Å²) in [6.45, 7) is 7.47. The second-order valence-corrected chi connectivity index (χ2v) is 5.49. The highest BCUT2D eigenvalue weighted by molar-refractivity contribution is 6.33. The Morgan fingerprint density at radius 2 is 2.00 bits per heavy atom. The molecule has 0 fully saturated rings. The Morgan fingerprint density at radius 1 is 1.29 bits per heavy atom. The van der Waals surface area contributed by atoms with E-state index < -0.39 is 0 Å². The zero-order valence-corrected chi connectivity index (χ0v) is 13.1. The highest BCUT2D eigenvalue weighted by Crippen LogP contribution is 2.18. The first-order valence-corrected chi connectivity index (χ1v) is 7.02. The van der Waals surface area contributed by atoms with Gasteiger partial charge < -0.3 is 9.73 Å². The van der Waals surface area contributed by atoms with Gasteiger partial charge in [-0.3, -0.25) is 4.79 Å². The molecule has 0 aliphatic carbocycles. The lowest BCUT2D eigenvalue weighted by Crippen LogP contribution is -2.28. The fourth-order valence-electron chi connectivity index (χ4n) is 1.72. The summed E-state index contributed by atoms with van der Waals surface area (Å²) in [7, 11) is 0. The average molecular weight is 309 g/mol. The van der Waals surface area contributed by atoms with Gasteiger partial charge in [0.25, 0.3) is 5.91 Å². The van der Waals surface area contributed by atoms with Crippen molar-refractivity contribution in [2.75, 3.05) is 0 Å². The lowest BCUT2D eigenvalue weighted by atomic mass is 10.2. The summed E-state index contributed by atoms with van der Waals surface area (Å²) in [6.07, 6.45) is 3.05. The molecular formula is C14H17ClN4O2. The first-order valence-electron chi connectivity index (χ1n) is 6.64. The van der Waals surface area contributed by atoms with Crippen LogP contribution in [0.15, 0.2) is 16.8 Å². The number of amides is 1. The Labute approximate surface area is 128 Å². The van der Waals surface area contributed by atoms with E-state index in [9.17, 15) is 4.79 Å². The zero-order chi connectivity index (χ0) is 15.6. The van der Waals surface area contributed by atoms with E-state index in [1.165, 1.54) is 6.20 Å². The molecule has 1 unspecified atom stereocenters. The van der Waals surface area contributed by atoms with Crippen LogP contribution in [-0.4, -0.2) is 20.9 Å². The molecule has 0 bridgehead atoms. The van der Waals surface area contributed by atoms with Gasteiger partial charge in [0.15, 0.2) is 0 Å². The molecule has 1 atom stereocenters. The van der Waals surface area contributed by atoms with E-state index >= 15 is 0 Å². The third-order valence-electron chi connectivity index (χ3n) is 2.85. The number of hydrogen-bond acceptors (Lipinski definition) is 5. The van der Waals surface area contributed by atoms with Crippen LogP contribution < -0.4 is 5.32 Å². The predicted octanol–water partition coefficient (Wildman–Crippen LogP) is 3.04. The van der Waals surface area contributed by atoms with Crippen molar-refractivity contribution in [2.45, 2.75) is 39.7 Å². The lowest BCUT2D eigenvalue weighted by molar-refractivity contribution is 0.0928. The van der Waals surface area contributed by atoms with Crippen LogP contribution in [0, 0.1) is 6.92 Å². The average Bonchev–Trinajstić information content (AvgIpc) is 2.85. The maximum absolute atomic E-state index is 12.3. The smallest absolute Gasteiger partial charge is 0.272 e. The van der Waals surface area contributed by atoms with Gasteiger partial charge in [-0.15, -0.1) is 0 Å². The van der Waals surface area contributed by atoms with Gasteiger partial charge in [0.2, 0.25) is 5.89 Å². The van der Waals surface area contributed by atoms with Gasteiger partial charge in [-0.05, 0) is 13.8 Å². The van der Waals surface area contributed by atoms with Crippen molar-refractivity contribution in [1.29, 1.82) is 0 Å². The molecule has 2 aromatic heterocycles. The number of rotatable bonds is 4. The molecule has 1 amide bonds. The first-order chi connectivity index (χ1) is 9.88. The minimum absolute atomic E-state index is 0.112. The molecule has 2 rings (SSSR count). The molecule has 0 saturated carbocycles. The Balaban J connectivity index is 2.18. The van der Waals surface area contributed by atoms with Gasteiger partial charge in [-0.2, -0.15) is 0 Å². The Hall–Kier alpha value is -1.95. The Bertz CT molecular complexity index is 654. The third kappa shape index (κ3) is 3.58. The molecule has 0 spiro atoms. The van der Waals surface area contributed by atoms with E-state index in [1.54, 1.807) is 20.0 Å². The molecule has 1 N–H and O–H groups in total. The highest BCUT2D eigenvalue weighted by Gasteiger charge is 2.20. The molecule has 0 radical (unpaired) electrons. The predicted molar refractivity (Wildman–Crippen MR) is 78.3 cm³/mol. The van der Waals surface area contributed by atoms with Gasteiger partial charge in [0.1, 0.15) is 23.3 Å². The standard InChI is InChI=1S/C14H17ClN4O2/c1-7(2)12-16-6-10(15)11(19-12)13(20)18-9(4)14-17-5-8(3)21-14/h5-7,9H,1-4H3,(H,18,20). The summed E-state index contributed by atoms with van der Waals surface area (Å²) in [5.74, 6) is 1.43. The third-order valence-corrected chi connectivity index (χ3v) is 3.13. The van der Waals surface area contributed by atoms with Crippen molar-refractivity contribution in [3.63, 3.8) is 0 Å². The number of nitrogens with zero attached hydrogens (tertiary/aromatic N) is 3. The summed E-state index contributed by atoms with van der Waals surface area (Å²) in [6, 6.07) is -0.375. The van der Waals surface area contributed by atoms with Gasteiger partial charge in [-0.1, -0.05) is 25.4 Å². The summed E-state index contributed by atoms with van der Waals surface area (Å²) >= 11 is 6.00. The van der Waals surface area contributed by atoms with Crippen molar-refractivity contribution in [1.82, 2.24) is 20.3 Å². The monoisotopic (exact) mass is 308 g/mol. The Kier molecular flexibility index (Phi) is 4.57. The van der Waals surface area contributed by atoms with Crippen molar-refractivity contribution >= 4 is 17.5 Å². The minimum Gasteiger partial charge on any atom is -0.444 e. The molecule has 0 aromatic carbocycles. The molecule has 0 aliphatic rings. The molecular weight excluding hydrogens is 292 g/mol. The van der Waals surface area contributed by atoms with Crippen molar-refractivity contribution in [3.05, 3.63) is 40.6 Å². The van der Waals surface area contributed by atoms with Crippen LogP contribution >= 0.6 is 11.6 Å². The largest absolute Gasteiger partial charge is 0.444 e. The van der Waals surface area contributed by atoms with Crippen LogP contribution in [0.25, 0.3) is 0 Å². The number of carbonyl (C=O) groups is 1. The van der Waals surface area contributed by atoms with E-state index in [-0.39, 0.29) is 28.6 Å². The number of hydrogen-bond donors (Lipinski definition) is 1. The molecule has 2 aromatic rings.